The van der Waals surface area contributed by atoms with Crippen LogP contribution in [0.1, 0.15) is 28.8 Å². The van der Waals surface area contributed by atoms with Gasteiger partial charge in [-0.2, -0.15) is 0 Å². The van der Waals surface area contributed by atoms with Crippen LogP contribution in [0.3, 0.4) is 0 Å². The minimum absolute atomic E-state index is 0.0780. The molecule has 1 aromatic heterocycles. The number of nitrogens with zero attached hydrogens (tertiary/aromatic N) is 4. The molecular formula is C23H29F2N5O2. The minimum atomic E-state index is -0.831. The van der Waals surface area contributed by atoms with E-state index < -0.39 is 17.7 Å². The predicted octanol–water partition coefficient (Wildman–Crippen LogP) is 3.23. The first-order valence-electron chi connectivity index (χ1n) is 10.7. The molecule has 0 unspecified atom stereocenters. The van der Waals surface area contributed by atoms with Crippen molar-refractivity contribution in [3.8, 4) is 0 Å². The van der Waals surface area contributed by atoms with Gasteiger partial charge in [0.2, 0.25) is 0 Å². The van der Waals surface area contributed by atoms with Gasteiger partial charge in [-0.3, -0.25) is 9.78 Å². The quantitative estimate of drug-likeness (QED) is 0.741. The van der Waals surface area contributed by atoms with E-state index in [4.69, 9.17) is 0 Å². The van der Waals surface area contributed by atoms with Crippen LogP contribution in [-0.4, -0.2) is 78.4 Å². The molecule has 0 spiro atoms. The molecule has 0 saturated carbocycles. The number of hydrogen-bond acceptors (Lipinski definition) is 4. The molecule has 9 heteroatoms. The van der Waals surface area contributed by atoms with E-state index in [-0.39, 0.29) is 11.6 Å². The van der Waals surface area contributed by atoms with Crippen LogP contribution in [0.5, 0.6) is 0 Å². The van der Waals surface area contributed by atoms with Crippen molar-refractivity contribution in [2.24, 2.45) is 0 Å². The van der Waals surface area contributed by atoms with Gasteiger partial charge in [-0.05, 0) is 63.7 Å². The number of pyridine rings is 1. The fourth-order valence-corrected chi connectivity index (χ4v) is 3.63. The predicted molar refractivity (Wildman–Crippen MR) is 119 cm³/mol. The molecule has 1 aliphatic rings. The van der Waals surface area contributed by atoms with Crippen molar-refractivity contribution in [1.82, 2.24) is 19.7 Å². The summed E-state index contributed by atoms with van der Waals surface area (Å²) in [6.45, 7) is 2.59. The second-order valence-corrected chi connectivity index (χ2v) is 8.18. The lowest BCUT2D eigenvalue weighted by Gasteiger charge is -2.22. The summed E-state index contributed by atoms with van der Waals surface area (Å²) in [6.07, 6.45) is 5.79. The molecule has 1 aromatic carbocycles. The number of nitrogens with one attached hydrogen (secondary N) is 1. The van der Waals surface area contributed by atoms with Crippen molar-refractivity contribution in [3.63, 3.8) is 0 Å². The largest absolute Gasteiger partial charge is 0.337 e. The number of aryl methyl sites for hydroxylation is 1. The normalized spacial score (nSPS) is 14.4. The van der Waals surface area contributed by atoms with E-state index in [1.165, 1.54) is 11.0 Å². The van der Waals surface area contributed by atoms with Gasteiger partial charge in [0.1, 0.15) is 11.6 Å². The molecule has 1 fully saturated rings. The Balaban J connectivity index is 1.57. The van der Waals surface area contributed by atoms with Crippen LogP contribution in [0.2, 0.25) is 0 Å². The lowest BCUT2D eigenvalue weighted by Crippen LogP contribution is -2.39. The third-order valence-corrected chi connectivity index (χ3v) is 5.36. The van der Waals surface area contributed by atoms with Crippen LogP contribution < -0.4 is 5.32 Å². The molecule has 1 N–H and O–H groups in total. The van der Waals surface area contributed by atoms with E-state index in [1.54, 1.807) is 17.3 Å². The van der Waals surface area contributed by atoms with E-state index in [9.17, 15) is 18.4 Å². The molecule has 0 aliphatic carbocycles. The second kappa shape index (κ2) is 11.0. The minimum Gasteiger partial charge on any atom is -0.337 e. The van der Waals surface area contributed by atoms with E-state index in [1.807, 2.05) is 20.2 Å². The molecule has 0 bridgehead atoms. The topological polar surface area (TPSA) is 68.8 Å². The molecule has 7 nitrogen and oxygen atoms in total. The number of hydrogen-bond donors (Lipinski definition) is 1. The standard InChI is InChI=1S/C23H29F2N5O2/c1-28(2)8-3-5-17-13-18(16-26-15-17)22(31)29-9-4-10-30(12-11-29)23(32)27-21-7-6-19(24)14-20(21)25/h6-7,13-16H,3-5,8-12H2,1-2H3,(H,27,32). The number of aromatic nitrogens is 1. The fourth-order valence-electron chi connectivity index (χ4n) is 3.63. The van der Waals surface area contributed by atoms with Gasteiger partial charge in [0.25, 0.3) is 5.91 Å². The smallest absolute Gasteiger partial charge is 0.321 e. The highest BCUT2D eigenvalue weighted by molar-refractivity contribution is 5.94. The third kappa shape index (κ3) is 6.46. The van der Waals surface area contributed by atoms with Crippen molar-refractivity contribution in [2.45, 2.75) is 19.3 Å². The van der Waals surface area contributed by atoms with Crippen molar-refractivity contribution >= 4 is 17.6 Å². The summed E-state index contributed by atoms with van der Waals surface area (Å²) in [5.74, 6) is -1.65. The van der Waals surface area contributed by atoms with Crippen LogP contribution in [0.25, 0.3) is 0 Å². The molecule has 0 radical (unpaired) electrons. The monoisotopic (exact) mass is 445 g/mol. The molecule has 2 heterocycles. The van der Waals surface area contributed by atoms with Crippen LogP contribution >= 0.6 is 0 Å². The first-order chi connectivity index (χ1) is 15.3. The van der Waals surface area contributed by atoms with Gasteiger partial charge in [-0.15, -0.1) is 0 Å². The SMILES string of the molecule is CN(C)CCCc1cncc(C(=O)N2CCCN(C(=O)Nc3ccc(F)cc3F)CC2)c1. The fraction of sp³-hybridized carbons (Fsp3) is 0.435. The van der Waals surface area contributed by atoms with Gasteiger partial charge in [0.15, 0.2) is 0 Å². The highest BCUT2D eigenvalue weighted by Crippen LogP contribution is 2.17. The summed E-state index contributed by atoms with van der Waals surface area (Å²) in [4.78, 5) is 35.1. The average Bonchev–Trinajstić information content (AvgIpc) is 3.01. The van der Waals surface area contributed by atoms with Gasteiger partial charge < -0.3 is 20.0 Å². The lowest BCUT2D eigenvalue weighted by molar-refractivity contribution is 0.0762. The van der Waals surface area contributed by atoms with Gasteiger partial charge in [-0.1, -0.05) is 0 Å². The maximum atomic E-state index is 13.8. The first kappa shape index (κ1) is 23.6. The van der Waals surface area contributed by atoms with Crippen molar-refractivity contribution in [2.75, 3.05) is 52.1 Å². The van der Waals surface area contributed by atoms with Gasteiger partial charge in [0, 0.05) is 44.6 Å². The molecule has 0 atom stereocenters. The summed E-state index contributed by atoms with van der Waals surface area (Å²) in [7, 11) is 4.05. The Labute approximate surface area is 187 Å². The number of carbonyl (C=O) groups excluding carboxylic acids is 2. The Morgan fingerprint density at radius 3 is 2.56 bits per heavy atom. The number of urea groups is 1. The third-order valence-electron chi connectivity index (χ3n) is 5.36. The molecule has 3 amide bonds. The van der Waals surface area contributed by atoms with Gasteiger partial charge >= 0.3 is 6.03 Å². The number of amides is 3. The summed E-state index contributed by atoms with van der Waals surface area (Å²) < 4.78 is 26.9. The molecule has 32 heavy (non-hydrogen) atoms. The Kier molecular flexibility index (Phi) is 8.10. The summed E-state index contributed by atoms with van der Waals surface area (Å²) in [5, 5.41) is 2.47. The molecular weight excluding hydrogens is 416 g/mol. The number of halogens is 2. The van der Waals surface area contributed by atoms with E-state index in [0.29, 0.717) is 38.2 Å². The number of carbonyl (C=O) groups is 2. The zero-order valence-corrected chi connectivity index (χ0v) is 18.5. The summed E-state index contributed by atoms with van der Waals surface area (Å²) >= 11 is 0. The number of benzene rings is 1. The molecule has 3 rings (SSSR count). The number of rotatable bonds is 6. The Hall–Kier alpha value is -3.07. The van der Waals surface area contributed by atoms with Crippen LogP contribution in [-0.2, 0) is 6.42 Å². The van der Waals surface area contributed by atoms with E-state index in [2.05, 4.69) is 15.2 Å². The number of anilines is 1. The Morgan fingerprint density at radius 2 is 1.81 bits per heavy atom. The summed E-state index contributed by atoms with van der Waals surface area (Å²) in [5.41, 5.74) is 1.49. The van der Waals surface area contributed by atoms with E-state index >= 15 is 0 Å². The van der Waals surface area contributed by atoms with Crippen LogP contribution in [0, 0.1) is 11.6 Å². The van der Waals surface area contributed by atoms with Gasteiger partial charge in [-0.25, -0.2) is 13.6 Å². The van der Waals surface area contributed by atoms with Crippen LogP contribution in [0.15, 0.2) is 36.7 Å². The maximum absolute atomic E-state index is 13.8. The van der Waals surface area contributed by atoms with Gasteiger partial charge in [0.05, 0.1) is 11.3 Å². The van der Waals surface area contributed by atoms with Crippen LogP contribution in [0.4, 0.5) is 19.3 Å². The first-order valence-corrected chi connectivity index (χ1v) is 10.7. The lowest BCUT2D eigenvalue weighted by atomic mass is 10.1. The molecule has 172 valence electrons. The van der Waals surface area contributed by atoms with Crippen molar-refractivity contribution in [3.05, 3.63) is 59.4 Å². The van der Waals surface area contributed by atoms with E-state index in [0.717, 1.165) is 37.1 Å². The highest BCUT2D eigenvalue weighted by Gasteiger charge is 2.23. The van der Waals surface area contributed by atoms with Crippen molar-refractivity contribution < 1.29 is 18.4 Å². The molecule has 1 aliphatic heterocycles. The Bertz CT molecular complexity index is 954. The zero-order valence-electron chi connectivity index (χ0n) is 18.5. The second-order valence-electron chi connectivity index (χ2n) is 8.18. The molecule has 1 saturated heterocycles. The average molecular weight is 446 g/mol. The summed E-state index contributed by atoms with van der Waals surface area (Å²) in [6, 6.07) is 4.41. The zero-order chi connectivity index (χ0) is 23.1. The van der Waals surface area contributed by atoms with Crippen molar-refractivity contribution in [1.29, 1.82) is 0 Å². The maximum Gasteiger partial charge on any atom is 0.321 e. The Morgan fingerprint density at radius 1 is 1.06 bits per heavy atom. The highest BCUT2D eigenvalue weighted by atomic mass is 19.1. The molecule has 2 aromatic rings.